The molecule has 1 aliphatic heterocycles. The molecular formula is C19H20BrN3O2. The number of hydrogen-bond acceptors (Lipinski definition) is 3. The van der Waals surface area contributed by atoms with E-state index >= 15 is 0 Å². The Morgan fingerprint density at radius 3 is 2.36 bits per heavy atom. The van der Waals surface area contributed by atoms with Crippen LogP contribution in [0.1, 0.15) is 23.2 Å². The number of benzene rings is 2. The molecule has 130 valence electrons. The third-order valence-corrected chi connectivity index (χ3v) is 4.84. The first kappa shape index (κ1) is 17.5. The second-order valence-electron chi connectivity index (χ2n) is 5.95. The molecule has 2 amide bonds. The van der Waals surface area contributed by atoms with Crippen LogP contribution in [0.4, 0.5) is 11.4 Å². The molecule has 0 atom stereocenters. The van der Waals surface area contributed by atoms with Crippen molar-refractivity contribution in [3.63, 3.8) is 0 Å². The number of halogens is 1. The topological polar surface area (TPSA) is 61.4 Å². The largest absolute Gasteiger partial charge is 0.372 e. The van der Waals surface area contributed by atoms with Gasteiger partial charge in [-0.05, 0) is 65.2 Å². The van der Waals surface area contributed by atoms with Crippen LogP contribution in [0.15, 0.2) is 53.0 Å². The summed E-state index contributed by atoms with van der Waals surface area (Å²) >= 11 is 3.33. The van der Waals surface area contributed by atoms with Crippen molar-refractivity contribution in [1.82, 2.24) is 5.32 Å². The molecule has 0 unspecified atom stereocenters. The zero-order chi connectivity index (χ0) is 17.6. The van der Waals surface area contributed by atoms with Crippen molar-refractivity contribution in [1.29, 1.82) is 0 Å². The quantitative estimate of drug-likeness (QED) is 0.806. The van der Waals surface area contributed by atoms with Gasteiger partial charge in [0, 0.05) is 28.9 Å². The molecule has 25 heavy (non-hydrogen) atoms. The van der Waals surface area contributed by atoms with Crippen molar-refractivity contribution in [2.75, 3.05) is 29.9 Å². The van der Waals surface area contributed by atoms with Gasteiger partial charge in [0.05, 0.1) is 12.1 Å². The summed E-state index contributed by atoms with van der Waals surface area (Å²) in [5, 5.41) is 5.42. The summed E-state index contributed by atoms with van der Waals surface area (Å²) in [5.41, 5.74) is 2.41. The van der Waals surface area contributed by atoms with Crippen LogP contribution >= 0.6 is 15.9 Å². The van der Waals surface area contributed by atoms with Crippen LogP contribution in [0.5, 0.6) is 0 Å². The van der Waals surface area contributed by atoms with Crippen LogP contribution < -0.4 is 15.5 Å². The molecule has 5 nitrogen and oxygen atoms in total. The molecule has 0 bridgehead atoms. The molecule has 1 saturated heterocycles. The van der Waals surface area contributed by atoms with Crippen LogP contribution in [0, 0.1) is 0 Å². The van der Waals surface area contributed by atoms with E-state index in [1.807, 2.05) is 30.3 Å². The van der Waals surface area contributed by atoms with E-state index in [4.69, 9.17) is 0 Å². The average Bonchev–Trinajstić information content (AvgIpc) is 3.15. The highest BCUT2D eigenvalue weighted by molar-refractivity contribution is 9.10. The van der Waals surface area contributed by atoms with Crippen molar-refractivity contribution in [2.45, 2.75) is 12.8 Å². The number of anilines is 2. The van der Waals surface area contributed by atoms with Crippen molar-refractivity contribution in [2.24, 2.45) is 0 Å². The monoisotopic (exact) mass is 401 g/mol. The molecule has 0 aliphatic carbocycles. The molecule has 2 aromatic carbocycles. The highest BCUT2D eigenvalue weighted by atomic mass is 79.9. The fourth-order valence-electron chi connectivity index (χ4n) is 2.84. The highest BCUT2D eigenvalue weighted by Gasteiger charge is 2.13. The molecule has 0 spiro atoms. The SMILES string of the molecule is O=C(CNC(=O)c1ccccc1Br)Nc1ccc(N2CCCC2)cc1. The van der Waals surface area contributed by atoms with Gasteiger partial charge in [0.15, 0.2) is 0 Å². The number of nitrogens with zero attached hydrogens (tertiary/aromatic N) is 1. The number of rotatable bonds is 5. The van der Waals surface area contributed by atoms with Gasteiger partial charge in [0.25, 0.3) is 5.91 Å². The van der Waals surface area contributed by atoms with E-state index in [1.165, 1.54) is 18.5 Å². The smallest absolute Gasteiger partial charge is 0.252 e. The van der Waals surface area contributed by atoms with Crippen molar-refractivity contribution < 1.29 is 9.59 Å². The molecule has 2 N–H and O–H groups in total. The lowest BCUT2D eigenvalue weighted by Gasteiger charge is -2.17. The zero-order valence-corrected chi connectivity index (χ0v) is 15.4. The first-order chi connectivity index (χ1) is 12.1. The van der Waals surface area contributed by atoms with Gasteiger partial charge in [-0.25, -0.2) is 0 Å². The minimum absolute atomic E-state index is 0.0754. The summed E-state index contributed by atoms with van der Waals surface area (Å²) in [6.07, 6.45) is 2.46. The lowest BCUT2D eigenvalue weighted by atomic mass is 10.2. The van der Waals surface area contributed by atoms with Crippen LogP contribution in [-0.2, 0) is 4.79 Å². The van der Waals surface area contributed by atoms with Crippen molar-refractivity contribution >= 4 is 39.1 Å². The van der Waals surface area contributed by atoms with Crippen molar-refractivity contribution in [3.8, 4) is 0 Å². The fourth-order valence-corrected chi connectivity index (χ4v) is 3.30. The van der Waals surface area contributed by atoms with E-state index in [2.05, 4.69) is 31.5 Å². The van der Waals surface area contributed by atoms with Gasteiger partial charge in [0.2, 0.25) is 5.91 Å². The maximum Gasteiger partial charge on any atom is 0.252 e. The second-order valence-corrected chi connectivity index (χ2v) is 6.81. The normalized spacial score (nSPS) is 13.6. The van der Waals surface area contributed by atoms with Crippen LogP contribution in [0.3, 0.4) is 0 Å². The number of carbonyl (C=O) groups excluding carboxylic acids is 2. The molecule has 1 heterocycles. The van der Waals surface area contributed by atoms with E-state index < -0.39 is 0 Å². The Balaban J connectivity index is 1.50. The highest BCUT2D eigenvalue weighted by Crippen LogP contribution is 2.22. The predicted octanol–water partition coefficient (Wildman–Crippen LogP) is 3.42. The number of nitrogens with one attached hydrogen (secondary N) is 2. The third kappa shape index (κ3) is 4.60. The second kappa shape index (κ2) is 8.16. The minimum atomic E-state index is -0.285. The summed E-state index contributed by atoms with van der Waals surface area (Å²) < 4.78 is 0.699. The summed E-state index contributed by atoms with van der Waals surface area (Å²) in [6.45, 7) is 2.10. The van der Waals surface area contributed by atoms with Crippen LogP contribution in [0.25, 0.3) is 0 Å². The lowest BCUT2D eigenvalue weighted by molar-refractivity contribution is -0.115. The Bertz CT molecular complexity index is 756. The molecule has 1 aliphatic rings. The standard InChI is InChI=1S/C19H20BrN3O2/c20-17-6-2-1-5-16(17)19(25)21-13-18(24)22-14-7-9-15(10-8-14)23-11-3-4-12-23/h1-2,5-10H,3-4,11-13H2,(H,21,25)(H,22,24). The summed E-state index contributed by atoms with van der Waals surface area (Å²) in [4.78, 5) is 26.5. The zero-order valence-electron chi connectivity index (χ0n) is 13.8. The molecule has 0 radical (unpaired) electrons. The average molecular weight is 402 g/mol. The summed E-state index contributed by atoms with van der Waals surface area (Å²) in [6, 6.07) is 14.9. The van der Waals surface area contributed by atoms with Gasteiger partial charge < -0.3 is 15.5 Å². The van der Waals surface area contributed by atoms with Gasteiger partial charge in [-0.1, -0.05) is 12.1 Å². The Hall–Kier alpha value is -2.34. The van der Waals surface area contributed by atoms with Gasteiger partial charge in [-0.3, -0.25) is 9.59 Å². The Kier molecular flexibility index (Phi) is 5.71. The summed E-state index contributed by atoms with van der Waals surface area (Å²) in [5.74, 6) is -0.540. The van der Waals surface area contributed by atoms with Gasteiger partial charge >= 0.3 is 0 Å². The van der Waals surface area contributed by atoms with Gasteiger partial charge in [-0.15, -0.1) is 0 Å². The fraction of sp³-hybridized carbons (Fsp3) is 0.263. The Morgan fingerprint density at radius 1 is 1.00 bits per heavy atom. The predicted molar refractivity (Wildman–Crippen MR) is 103 cm³/mol. The molecule has 2 aromatic rings. The third-order valence-electron chi connectivity index (χ3n) is 4.15. The minimum Gasteiger partial charge on any atom is -0.372 e. The van der Waals surface area contributed by atoms with Gasteiger partial charge in [0.1, 0.15) is 0 Å². The van der Waals surface area contributed by atoms with Crippen LogP contribution in [-0.4, -0.2) is 31.4 Å². The Morgan fingerprint density at radius 2 is 1.68 bits per heavy atom. The molecule has 0 aromatic heterocycles. The van der Waals surface area contributed by atoms with E-state index in [-0.39, 0.29) is 18.4 Å². The van der Waals surface area contributed by atoms with Gasteiger partial charge in [-0.2, -0.15) is 0 Å². The first-order valence-corrected chi connectivity index (χ1v) is 9.10. The van der Waals surface area contributed by atoms with Crippen molar-refractivity contribution in [3.05, 3.63) is 58.6 Å². The molecule has 1 fully saturated rings. The summed E-state index contributed by atoms with van der Waals surface area (Å²) in [7, 11) is 0. The molecule has 6 heteroatoms. The van der Waals surface area contributed by atoms with E-state index in [0.717, 1.165) is 18.8 Å². The van der Waals surface area contributed by atoms with E-state index in [9.17, 15) is 9.59 Å². The first-order valence-electron chi connectivity index (χ1n) is 8.31. The maximum atomic E-state index is 12.1. The molecule has 0 saturated carbocycles. The molecule has 3 rings (SSSR count). The number of carbonyl (C=O) groups is 2. The Labute approximate surface area is 155 Å². The number of hydrogen-bond donors (Lipinski definition) is 2. The lowest BCUT2D eigenvalue weighted by Crippen LogP contribution is -2.33. The molecular weight excluding hydrogens is 382 g/mol. The van der Waals surface area contributed by atoms with E-state index in [1.54, 1.807) is 18.2 Å². The van der Waals surface area contributed by atoms with E-state index in [0.29, 0.717) is 10.0 Å². The number of amides is 2. The maximum absolute atomic E-state index is 12.1. The van der Waals surface area contributed by atoms with Crippen LogP contribution in [0.2, 0.25) is 0 Å².